The number of nitrogens with zero attached hydrogens (tertiary/aromatic N) is 1. The van der Waals surface area contributed by atoms with Crippen molar-refractivity contribution in [1.29, 1.82) is 0 Å². The summed E-state index contributed by atoms with van der Waals surface area (Å²) in [4.78, 5) is 12.6. The number of rotatable bonds is 3. The summed E-state index contributed by atoms with van der Waals surface area (Å²) in [6.45, 7) is 1.38. The topological polar surface area (TPSA) is 34.5 Å². The molecule has 0 N–H and O–H groups in total. The average Bonchev–Trinajstić information content (AvgIpc) is 3.35. The molecule has 0 saturated carbocycles. The zero-order valence-corrected chi connectivity index (χ0v) is 11.5. The molecule has 1 aromatic heterocycles. The average molecular weight is 277 g/mol. The molecule has 4 rings (SSSR count). The SMILES string of the molecule is O=c1c2ccccc2c(-c2ccccc2)cn1CC1CO1. The van der Waals surface area contributed by atoms with Gasteiger partial charge in [0.15, 0.2) is 0 Å². The van der Waals surface area contributed by atoms with Gasteiger partial charge in [-0.1, -0.05) is 48.5 Å². The van der Waals surface area contributed by atoms with Gasteiger partial charge in [0, 0.05) is 17.1 Å². The van der Waals surface area contributed by atoms with E-state index >= 15 is 0 Å². The fraction of sp³-hybridized carbons (Fsp3) is 0.167. The maximum Gasteiger partial charge on any atom is 0.258 e. The first-order chi connectivity index (χ1) is 10.3. The van der Waals surface area contributed by atoms with Crippen molar-refractivity contribution < 1.29 is 4.74 Å². The highest BCUT2D eigenvalue weighted by Gasteiger charge is 2.24. The molecule has 1 saturated heterocycles. The lowest BCUT2D eigenvalue weighted by atomic mass is 10.0. The van der Waals surface area contributed by atoms with Gasteiger partial charge in [-0.2, -0.15) is 0 Å². The highest BCUT2D eigenvalue weighted by molar-refractivity contribution is 5.95. The Kier molecular flexibility index (Phi) is 2.86. The Morgan fingerprint density at radius 1 is 1.00 bits per heavy atom. The van der Waals surface area contributed by atoms with E-state index in [0.29, 0.717) is 6.54 Å². The van der Waals surface area contributed by atoms with E-state index in [0.717, 1.165) is 28.5 Å². The molecule has 2 aromatic carbocycles. The minimum Gasteiger partial charge on any atom is -0.371 e. The van der Waals surface area contributed by atoms with Crippen LogP contribution in [0.4, 0.5) is 0 Å². The second-order valence-electron chi connectivity index (χ2n) is 5.37. The molecule has 3 nitrogen and oxygen atoms in total. The van der Waals surface area contributed by atoms with Crippen LogP contribution in [0, 0.1) is 0 Å². The third kappa shape index (κ3) is 2.26. The van der Waals surface area contributed by atoms with Gasteiger partial charge < -0.3 is 9.30 Å². The highest BCUT2D eigenvalue weighted by atomic mass is 16.6. The van der Waals surface area contributed by atoms with Gasteiger partial charge in [0.25, 0.3) is 5.56 Å². The molecule has 21 heavy (non-hydrogen) atoms. The lowest BCUT2D eigenvalue weighted by Gasteiger charge is -2.11. The summed E-state index contributed by atoms with van der Waals surface area (Å²) in [7, 11) is 0. The smallest absolute Gasteiger partial charge is 0.258 e. The van der Waals surface area contributed by atoms with Crippen molar-refractivity contribution in [3.05, 3.63) is 71.1 Å². The molecule has 1 aliphatic rings. The highest BCUT2D eigenvalue weighted by Crippen LogP contribution is 2.27. The second kappa shape index (κ2) is 4.86. The molecule has 1 fully saturated rings. The van der Waals surface area contributed by atoms with E-state index in [1.54, 1.807) is 4.57 Å². The number of ether oxygens (including phenoxy) is 1. The molecule has 3 heteroatoms. The fourth-order valence-electron chi connectivity index (χ4n) is 2.72. The summed E-state index contributed by atoms with van der Waals surface area (Å²) in [5.41, 5.74) is 2.27. The Morgan fingerprint density at radius 2 is 1.67 bits per heavy atom. The monoisotopic (exact) mass is 277 g/mol. The van der Waals surface area contributed by atoms with Crippen LogP contribution in [0.25, 0.3) is 21.9 Å². The summed E-state index contributed by atoms with van der Waals surface area (Å²) in [5.74, 6) is 0. The van der Waals surface area contributed by atoms with Crippen molar-refractivity contribution in [1.82, 2.24) is 4.57 Å². The maximum atomic E-state index is 12.6. The van der Waals surface area contributed by atoms with Gasteiger partial charge in [0.2, 0.25) is 0 Å². The summed E-state index contributed by atoms with van der Waals surface area (Å²) in [6, 6.07) is 18.0. The van der Waals surface area contributed by atoms with Gasteiger partial charge in [-0.15, -0.1) is 0 Å². The predicted octanol–water partition coefficient (Wildman–Crippen LogP) is 3.07. The number of pyridine rings is 1. The first kappa shape index (κ1) is 12.4. The first-order valence-corrected chi connectivity index (χ1v) is 7.12. The summed E-state index contributed by atoms with van der Waals surface area (Å²) in [5, 5.41) is 1.76. The molecule has 1 unspecified atom stereocenters. The van der Waals surface area contributed by atoms with E-state index in [1.165, 1.54) is 0 Å². The van der Waals surface area contributed by atoms with Crippen LogP contribution in [0.5, 0.6) is 0 Å². The molecule has 0 aliphatic carbocycles. The van der Waals surface area contributed by atoms with Gasteiger partial charge in [0.05, 0.1) is 19.3 Å². The summed E-state index contributed by atoms with van der Waals surface area (Å²) < 4.78 is 7.05. The normalized spacial score (nSPS) is 17.0. The van der Waals surface area contributed by atoms with E-state index in [1.807, 2.05) is 48.7 Å². The van der Waals surface area contributed by atoms with Crippen LogP contribution < -0.4 is 5.56 Å². The molecule has 3 aromatic rings. The van der Waals surface area contributed by atoms with Gasteiger partial charge in [-0.3, -0.25) is 4.79 Å². The quantitative estimate of drug-likeness (QED) is 0.690. The number of epoxide rings is 1. The standard InChI is InChI=1S/C18H15NO2/c20-18-16-9-5-4-8-15(16)17(13-6-2-1-3-7-13)11-19(18)10-14-12-21-14/h1-9,11,14H,10,12H2. The molecule has 0 bridgehead atoms. The van der Waals surface area contributed by atoms with Crippen molar-refractivity contribution in [3.63, 3.8) is 0 Å². The third-order valence-corrected chi connectivity index (χ3v) is 3.88. The fourth-order valence-corrected chi connectivity index (χ4v) is 2.72. The Hall–Kier alpha value is -2.39. The summed E-state index contributed by atoms with van der Waals surface area (Å²) >= 11 is 0. The Morgan fingerprint density at radius 3 is 2.38 bits per heavy atom. The Labute approximate surface area is 122 Å². The zero-order chi connectivity index (χ0) is 14.2. The van der Waals surface area contributed by atoms with E-state index in [9.17, 15) is 4.79 Å². The molecule has 0 amide bonds. The van der Waals surface area contributed by atoms with Crippen LogP contribution in [0.2, 0.25) is 0 Å². The second-order valence-corrected chi connectivity index (χ2v) is 5.37. The van der Waals surface area contributed by atoms with Crippen LogP contribution in [0.3, 0.4) is 0 Å². The van der Waals surface area contributed by atoms with E-state index in [4.69, 9.17) is 4.74 Å². The lowest BCUT2D eigenvalue weighted by Crippen LogP contribution is -2.22. The lowest BCUT2D eigenvalue weighted by molar-refractivity contribution is 0.381. The van der Waals surface area contributed by atoms with E-state index in [2.05, 4.69) is 12.1 Å². The predicted molar refractivity (Wildman–Crippen MR) is 83.4 cm³/mol. The van der Waals surface area contributed by atoms with E-state index < -0.39 is 0 Å². The van der Waals surface area contributed by atoms with Gasteiger partial charge in [-0.25, -0.2) is 0 Å². The molecule has 0 spiro atoms. The van der Waals surface area contributed by atoms with Crippen molar-refractivity contribution in [3.8, 4) is 11.1 Å². The van der Waals surface area contributed by atoms with Crippen molar-refractivity contribution in [2.75, 3.05) is 6.61 Å². The van der Waals surface area contributed by atoms with Crippen molar-refractivity contribution in [2.24, 2.45) is 0 Å². The number of fused-ring (bicyclic) bond motifs is 1. The molecular weight excluding hydrogens is 262 g/mol. The zero-order valence-electron chi connectivity index (χ0n) is 11.5. The minimum absolute atomic E-state index is 0.0563. The van der Waals surface area contributed by atoms with Crippen LogP contribution >= 0.6 is 0 Å². The van der Waals surface area contributed by atoms with Gasteiger partial charge >= 0.3 is 0 Å². The minimum atomic E-state index is 0.0563. The van der Waals surface area contributed by atoms with Crippen molar-refractivity contribution >= 4 is 10.8 Å². The molecule has 104 valence electrons. The third-order valence-electron chi connectivity index (χ3n) is 3.88. The van der Waals surface area contributed by atoms with Crippen LogP contribution in [-0.2, 0) is 11.3 Å². The number of hydrogen-bond donors (Lipinski definition) is 0. The maximum absolute atomic E-state index is 12.6. The van der Waals surface area contributed by atoms with Gasteiger partial charge in [0.1, 0.15) is 0 Å². The first-order valence-electron chi connectivity index (χ1n) is 7.12. The molecule has 2 heterocycles. The Balaban J connectivity index is 1.99. The van der Waals surface area contributed by atoms with Gasteiger partial charge in [-0.05, 0) is 17.0 Å². The molecule has 1 aliphatic heterocycles. The van der Waals surface area contributed by atoms with E-state index in [-0.39, 0.29) is 11.7 Å². The van der Waals surface area contributed by atoms with Crippen LogP contribution in [0.15, 0.2) is 65.6 Å². The number of aromatic nitrogens is 1. The molecule has 1 atom stereocenters. The number of benzene rings is 2. The largest absolute Gasteiger partial charge is 0.371 e. The van der Waals surface area contributed by atoms with Crippen LogP contribution in [-0.4, -0.2) is 17.3 Å². The van der Waals surface area contributed by atoms with Crippen LogP contribution in [0.1, 0.15) is 0 Å². The Bertz CT molecular complexity index is 848. The summed E-state index contributed by atoms with van der Waals surface area (Å²) in [6.07, 6.45) is 2.15. The van der Waals surface area contributed by atoms with Crippen molar-refractivity contribution in [2.45, 2.75) is 12.6 Å². The number of hydrogen-bond acceptors (Lipinski definition) is 2. The molecular formula is C18H15NO2. The molecule has 0 radical (unpaired) electrons.